The summed E-state index contributed by atoms with van der Waals surface area (Å²) in [6.45, 7) is 1.03. The van der Waals surface area contributed by atoms with Gasteiger partial charge >= 0.3 is 0 Å². The van der Waals surface area contributed by atoms with Gasteiger partial charge in [0.1, 0.15) is 0 Å². The van der Waals surface area contributed by atoms with Crippen molar-refractivity contribution >= 4 is 0 Å². The third kappa shape index (κ3) is 4.26. The van der Waals surface area contributed by atoms with Crippen LogP contribution < -0.4 is 0 Å². The largest absolute Gasteiger partial charge is 0.396 e. The van der Waals surface area contributed by atoms with Crippen LogP contribution in [0.25, 0.3) is 22.5 Å². The monoisotopic (exact) mass is 322 g/mol. The van der Waals surface area contributed by atoms with Crippen molar-refractivity contribution in [2.45, 2.75) is 32.2 Å². The molecule has 1 heterocycles. The molecule has 0 bridgehead atoms. The van der Waals surface area contributed by atoms with Crippen LogP contribution >= 0.6 is 0 Å². The molecule has 1 aromatic heterocycles. The van der Waals surface area contributed by atoms with E-state index in [9.17, 15) is 0 Å². The van der Waals surface area contributed by atoms with Crippen molar-refractivity contribution in [1.82, 2.24) is 20.2 Å². The fraction of sp³-hybridized carbons (Fsp3) is 0.316. The van der Waals surface area contributed by atoms with E-state index in [2.05, 4.69) is 39.7 Å². The number of tetrazole rings is 1. The predicted octanol–water partition coefficient (Wildman–Crippen LogP) is 3.56. The van der Waals surface area contributed by atoms with Crippen LogP contribution in [0.3, 0.4) is 0 Å². The summed E-state index contributed by atoms with van der Waals surface area (Å²) in [5, 5.41) is 21.5. The lowest BCUT2D eigenvalue weighted by molar-refractivity contribution is 0.281. The van der Waals surface area contributed by atoms with Crippen LogP contribution in [-0.4, -0.2) is 31.9 Å². The average Bonchev–Trinajstić information content (AvgIpc) is 3.11. The lowest BCUT2D eigenvalue weighted by atomic mass is 10.0. The Kier molecular flexibility index (Phi) is 5.69. The number of unbranched alkanes of at least 4 members (excludes halogenated alkanes) is 3. The fourth-order valence-electron chi connectivity index (χ4n) is 2.61. The van der Waals surface area contributed by atoms with Gasteiger partial charge < -0.3 is 5.11 Å². The quantitative estimate of drug-likeness (QED) is 0.644. The maximum absolute atomic E-state index is 8.76. The number of nitrogens with zero attached hydrogens (tertiary/aromatic N) is 4. The van der Waals surface area contributed by atoms with E-state index in [0.717, 1.165) is 37.8 Å². The highest BCUT2D eigenvalue weighted by molar-refractivity contribution is 5.67. The highest BCUT2D eigenvalue weighted by Crippen LogP contribution is 2.22. The standard InChI is InChI=1S/C19H22N4O/c24-15-7-2-1-6-14-23-21-19(20-22-23)18-12-10-17(11-13-18)16-8-4-3-5-9-16/h3-5,8-13,24H,1-2,6-7,14-15H2. The summed E-state index contributed by atoms with van der Waals surface area (Å²) in [5.74, 6) is 0.657. The number of aliphatic hydroxyl groups excluding tert-OH is 1. The Morgan fingerprint density at radius 1 is 0.750 bits per heavy atom. The van der Waals surface area contributed by atoms with Gasteiger partial charge in [0, 0.05) is 12.2 Å². The van der Waals surface area contributed by atoms with Gasteiger partial charge in [0.05, 0.1) is 6.54 Å². The van der Waals surface area contributed by atoms with Crippen LogP contribution in [0.4, 0.5) is 0 Å². The van der Waals surface area contributed by atoms with Crippen LogP contribution in [0.5, 0.6) is 0 Å². The molecule has 0 saturated carbocycles. The average molecular weight is 322 g/mol. The van der Waals surface area contributed by atoms with Gasteiger partial charge in [-0.05, 0) is 29.2 Å². The van der Waals surface area contributed by atoms with E-state index < -0.39 is 0 Å². The molecule has 3 aromatic rings. The highest BCUT2D eigenvalue weighted by atomic mass is 16.2. The predicted molar refractivity (Wildman–Crippen MR) is 94.2 cm³/mol. The molecule has 0 unspecified atom stereocenters. The summed E-state index contributed by atoms with van der Waals surface area (Å²) in [6, 6.07) is 18.5. The van der Waals surface area contributed by atoms with Gasteiger partial charge in [0.2, 0.25) is 5.82 Å². The first kappa shape index (κ1) is 16.3. The maximum atomic E-state index is 8.76. The minimum absolute atomic E-state index is 0.269. The van der Waals surface area contributed by atoms with Gasteiger partial charge in [-0.2, -0.15) is 4.80 Å². The van der Waals surface area contributed by atoms with E-state index in [1.54, 1.807) is 4.80 Å². The van der Waals surface area contributed by atoms with Crippen LogP contribution in [0, 0.1) is 0 Å². The molecule has 0 aliphatic carbocycles. The molecule has 0 aliphatic heterocycles. The second-order valence-corrected chi connectivity index (χ2v) is 5.79. The van der Waals surface area contributed by atoms with E-state index in [0.29, 0.717) is 5.82 Å². The first-order valence-corrected chi connectivity index (χ1v) is 8.41. The van der Waals surface area contributed by atoms with Crippen LogP contribution in [0.15, 0.2) is 54.6 Å². The first-order valence-electron chi connectivity index (χ1n) is 8.41. The Morgan fingerprint density at radius 2 is 1.42 bits per heavy atom. The molecule has 124 valence electrons. The van der Waals surface area contributed by atoms with Crippen molar-refractivity contribution in [2.75, 3.05) is 6.61 Å². The highest BCUT2D eigenvalue weighted by Gasteiger charge is 2.06. The molecule has 0 fully saturated rings. The number of hydrogen-bond donors (Lipinski definition) is 1. The van der Waals surface area contributed by atoms with Crippen molar-refractivity contribution in [1.29, 1.82) is 0 Å². The van der Waals surface area contributed by atoms with Crippen molar-refractivity contribution in [2.24, 2.45) is 0 Å². The third-order valence-electron chi connectivity index (χ3n) is 3.97. The van der Waals surface area contributed by atoms with Crippen LogP contribution in [0.2, 0.25) is 0 Å². The first-order chi connectivity index (χ1) is 11.9. The van der Waals surface area contributed by atoms with E-state index in [4.69, 9.17) is 5.11 Å². The van der Waals surface area contributed by atoms with Gasteiger partial charge in [-0.3, -0.25) is 0 Å². The minimum atomic E-state index is 0.269. The number of benzene rings is 2. The zero-order chi connectivity index (χ0) is 16.6. The molecule has 0 atom stereocenters. The molecular weight excluding hydrogens is 300 g/mol. The van der Waals surface area contributed by atoms with Gasteiger partial charge in [0.25, 0.3) is 0 Å². The summed E-state index contributed by atoms with van der Waals surface area (Å²) in [5.41, 5.74) is 3.35. The summed E-state index contributed by atoms with van der Waals surface area (Å²) in [7, 11) is 0. The van der Waals surface area contributed by atoms with E-state index in [1.165, 1.54) is 11.1 Å². The summed E-state index contributed by atoms with van der Waals surface area (Å²) in [4.78, 5) is 1.65. The Labute approximate surface area is 142 Å². The van der Waals surface area contributed by atoms with E-state index in [-0.39, 0.29) is 6.61 Å². The number of aromatic nitrogens is 4. The van der Waals surface area contributed by atoms with Gasteiger partial charge in [-0.1, -0.05) is 67.4 Å². The molecule has 24 heavy (non-hydrogen) atoms. The topological polar surface area (TPSA) is 63.8 Å². The number of hydrogen-bond acceptors (Lipinski definition) is 4. The summed E-state index contributed by atoms with van der Waals surface area (Å²) < 4.78 is 0. The molecular formula is C19H22N4O. The second kappa shape index (κ2) is 8.36. The SMILES string of the molecule is OCCCCCCn1nnc(-c2ccc(-c3ccccc3)cc2)n1. The number of aryl methyl sites for hydroxylation is 1. The summed E-state index contributed by atoms with van der Waals surface area (Å²) in [6.07, 6.45) is 3.98. The fourth-order valence-corrected chi connectivity index (χ4v) is 2.61. The van der Waals surface area contributed by atoms with Gasteiger partial charge in [-0.15, -0.1) is 10.2 Å². The zero-order valence-electron chi connectivity index (χ0n) is 13.7. The molecule has 2 aromatic carbocycles. The molecule has 0 amide bonds. The molecule has 0 saturated heterocycles. The lowest BCUT2D eigenvalue weighted by Crippen LogP contribution is -2.02. The molecule has 0 aliphatic rings. The minimum Gasteiger partial charge on any atom is -0.396 e. The third-order valence-corrected chi connectivity index (χ3v) is 3.97. The zero-order valence-corrected chi connectivity index (χ0v) is 13.7. The second-order valence-electron chi connectivity index (χ2n) is 5.79. The lowest BCUT2D eigenvalue weighted by Gasteiger charge is -2.02. The Morgan fingerprint density at radius 3 is 2.17 bits per heavy atom. The van der Waals surface area contributed by atoms with Crippen LogP contribution in [0.1, 0.15) is 25.7 Å². The molecule has 5 nitrogen and oxygen atoms in total. The normalized spacial score (nSPS) is 10.9. The Hall–Kier alpha value is -2.53. The Balaban J connectivity index is 1.61. The van der Waals surface area contributed by atoms with Crippen molar-refractivity contribution < 1.29 is 5.11 Å². The number of rotatable bonds is 8. The maximum Gasteiger partial charge on any atom is 0.204 e. The van der Waals surface area contributed by atoms with E-state index in [1.807, 2.05) is 30.3 Å². The van der Waals surface area contributed by atoms with Crippen molar-refractivity contribution in [3.8, 4) is 22.5 Å². The molecule has 1 N–H and O–H groups in total. The van der Waals surface area contributed by atoms with Gasteiger partial charge in [0.15, 0.2) is 0 Å². The molecule has 0 radical (unpaired) electrons. The van der Waals surface area contributed by atoms with Crippen molar-refractivity contribution in [3.05, 3.63) is 54.6 Å². The Bertz CT molecular complexity index is 738. The van der Waals surface area contributed by atoms with Crippen molar-refractivity contribution in [3.63, 3.8) is 0 Å². The number of aliphatic hydroxyl groups is 1. The van der Waals surface area contributed by atoms with Crippen LogP contribution in [-0.2, 0) is 6.54 Å². The molecule has 0 spiro atoms. The smallest absolute Gasteiger partial charge is 0.204 e. The molecule has 3 rings (SSSR count). The molecule has 5 heteroatoms. The summed E-state index contributed by atoms with van der Waals surface area (Å²) >= 11 is 0. The van der Waals surface area contributed by atoms with Gasteiger partial charge in [-0.25, -0.2) is 0 Å². The van der Waals surface area contributed by atoms with E-state index >= 15 is 0 Å².